The minimum Gasteiger partial charge on any atom is -0.480 e. The van der Waals surface area contributed by atoms with Gasteiger partial charge in [-0.1, -0.05) is 6.07 Å². The van der Waals surface area contributed by atoms with Gasteiger partial charge < -0.3 is 5.11 Å². The average Bonchev–Trinajstić information content (AvgIpc) is 2.26. The van der Waals surface area contributed by atoms with E-state index in [0.29, 0.717) is 5.56 Å². The molecule has 0 aliphatic carbocycles. The van der Waals surface area contributed by atoms with Gasteiger partial charge in [-0.05, 0) is 31.5 Å². The van der Waals surface area contributed by atoms with Gasteiger partial charge in [-0.3, -0.25) is 4.79 Å². The Bertz CT molecular complexity index is 736. The lowest BCUT2D eigenvalue weighted by Gasteiger charge is -2.13. The maximum atomic E-state index is 12.1. The molecule has 0 heterocycles. The van der Waals surface area contributed by atoms with Gasteiger partial charge in [0.25, 0.3) is 0 Å². The zero-order valence-corrected chi connectivity index (χ0v) is 12.7. The molecule has 0 fully saturated rings. The van der Waals surface area contributed by atoms with E-state index >= 15 is 0 Å². The first kappa shape index (κ1) is 16.6. The van der Waals surface area contributed by atoms with Gasteiger partial charge in [0.2, 0.25) is 10.0 Å². The summed E-state index contributed by atoms with van der Waals surface area (Å²) in [5, 5.41) is 8.72. The van der Waals surface area contributed by atoms with E-state index < -0.39 is 31.9 Å². The Morgan fingerprint density at radius 2 is 1.80 bits per heavy atom. The van der Waals surface area contributed by atoms with Crippen LogP contribution in [-0.2, 0) is 24.7 Å². The molecule has 1 rings (SSSR count). The molecule has 1 aromatic rings. The number of aryl methyl sites for hydroxylation is 1. The maximum Gasteiger partial charge on any atom is 0.321 e. The lowest BCUT2D eigenvalue weighted by atomic mass is 10.2. The first-order valence-corrected chi connectivity index (χ1v) is 8.88. The fraction of sp³-hybridized carbons (Fsp3) is 0.364. The Labute approximate surface area is 117 Å². The Hall–Kier alpha value is -1.45. The van der Waals surface area contributed by atoms with Crippen molar-refractivity contribution in [3.8, 4) is 0 Å². The van der Waals surface area contributed by atoms with Crippen LogP contribution in [0, 0.1) is 6.92 Å². The number of sulfonamides is 1. The van der Waals surface area contributed by atoms with Crippen LogP contribution in [0.1, 0.15) is 12.5 Å². The van der Waals surface area contributed by atoms with Crippen LogP contribution in [0.15, 0.2) is 28.0 Å². The second-order valence-electron chi connectivity index (χ2n) is 4.38. The van der Waals surface area contributed by atoms with Crippen LogP contribution in [0.2, 0.25) is 0 Å². The molecule has 2 N–H and O–H groups in total. The van der Waals surface area contributed by atoms with Gasteiger partial charge in [0.1, 0.15) is 6.04 Å². The largest absolute Gasteiger partial charge is 0.480 e. The van der Waals surface area contributed by atoms with Gasteiger partial charge in [0, 0.05) is 6.26 Å². The summed E-state index contributed by atoms with van der Waals surface area (Å²) in [5.41, 5.74) is 0.322. The second-order valence-corrected chi connectivity index (χ2v) is 8.08. The summed E-state index contributed by atoms with van der Waals surface area (Å²) in [6.45, 7) is 2.67. The minimum atomic E-state index is -4.11. The van der Waals surface area contributed by atoms with Gasteiger partial charge in [-0.25, -0.2) is 16.8 Å². The third kappa shape index (κ3) is 3.78. The topological polar surface area (TPSA) is 118 Å². The molecule has 0 spiro atoms. The number of hydrogen-bond donors (Lipinski definition) is 2. The molecule has 20 heavy (non-hydrogen) atoms. The summed E-state index contributed by atoms with van der Waals surface area (Å²) < 4.78 is 49.0. The van der Waals surface area contributed by atoms with Gasteiger partial charge in [0.15, 0.2) is 9.84 Å². The predicted octanol–water partition coefficient (Wildman–Crippen LogP) is 0.150. The molecule has 0 bridgehead atoms. The highest BCUT2D eigenvalue weighted by Crippen LogP contribution is 2.20. The van der Waals surface area contributed by atoms with Crippen molar-refractivity contribution < 1.29 is 26.7 Å². The Balaban J connectivity index is 3.35. The standard InChI is InChI=1S/C11H15NO6S2/c1-7-4-5-9(19(3,15)16)6-10(7)20(17,18)12-8(2)11(13)14/h4-6,8,12H,1-3H3,(H,13,14)/t8-/m1/s1. The van der Waals surface area contributed by atoms with E-state index in [9.17, 15) is 21.6 Å². The summed E-state index contributed by atoms with van der Waals surface area (Å²) in [7, 11) is -7.67. The lowest BCUT2D eigenvalue weighted by Crippen LogP contribution is -2.38. The Morgan fingerprint density at radius 1 is 1.25 bits per heavy atom. The van der Waals surface area contributed by atoms with E-state index in [1.807, 2.05) is 4.72 Å². The Morgan fingerprint density at radius 3 is 2.25 bits per heavy atom. The predicted molar refractivity (Wildman–Crippen MR) is 71.7 cm³/mol. The van der Waals surface area contributed by atoms with Gasteiger partial charge >= 0.3 is 5.97 Å². The highest BCUT2D eigenvalue weighted by atomic mass is 32.2. The third-order valence-corrected chi connectivity index (χ3v) is 5.37. The summed E-state index contributed by atoms with van der Waals surface area (Å²) >= 11 is 0. The fourth-order valence-electron chi connectivity index (χ4n) is 1.45. The van der Waals surface area contributed by atoms with E-state index in [4.69, 9.17) is 5.11 Å². The normalized spacial score (nSPS) is 13.9. The van der Waals surface area contributed by atoms with Gasteiger partial charge in [-0.15, -0.1) is 0 Å². The molecule has 0 aliphatic rings. The molecular formula is C11H15NO6S2. The number of carboxylic acid groups (broad SMARTS) is 1. The molecule has 0 saturated heterocycles. The molecule has 0 unspecified atom stereocenters. The van der Waals surface area contributed by atoms with E-state index in [1.54, 1.807) is 0 Å². The smallest absolute Gasteiger partial charge is 0.321 e. The van der Waals surface area contributed by atoms with Crippen molar-refractivity contribution >= 4 is 25.8 Å². The molecule has 112 valence electrons. The maximum absolute atomic E-state index is 12.1. The molecule has 1 aromatic carbocycles. The molecule has 0 aliphatic heterocycles. The fourth-order valence-corrected chi connectivity index (χ4v) is 3.64. The van der Waals surface area contributed by atoms with Crippen molar-refractivity contribution in [1.82, 2.24) is 4.72 Å². The first-order chi connectivity index (χ1) is 8.95. The van der Waals surface area contributed by atoms with Crippen LogP contribution in [0.3, 0.4) is 0 Å². The molecule has 0 aromatic heterocycles. The second kappa shape index (κ2) is 5.51. The molecule has 0 saturated carbocycles. The van der Waals surface area contributed by atoms with E-state index in [-0.39, 0.29) is 9.79 Å². The highest BCUT2D eigenvalue weighted by Gasteiger charge is 2.24. The number of benzene rings is 1. The van der Waals surface area contributed by atoms with Crippen molar-refractivity contribution in [3.05, 3.63) is 23.8 Å². The first-order valence-electron chi connectivity index (χ1n) is 5.51. The highest BCUT2D eigenvalue weighted by molar-refractivity contribution is 7.91. The van der Waals surface area contributed by atoms with E-state index in [2.05, 4.69) is 0 Å². The van der Waals surface area contributed by atoms with Gasteiger partial charge in [0.05, 0.1) is 9.79 Å². The SMILES string of the molecule is Cc1ccc(S(C)(=O)=O)cc1S(=O)(=O)N[C@H](C)C(=O)O. The summed E-state index contributed by atoms with van der Waals surface area (Å²) in [6, 6.07) is 2.35. The zero-order chi connectivity index (χ0) is 15.7. The summed E-state index contributed by atoms with van der Waals surface area (Å²) in [6.07, 6.45) is 0.960. The monoisotopic (exact) mass is 321 g/mol. The molecule has 9 heteroatoms. The van der Waals surface area contributed by atoms with E-state index in [0.717, 1.165) is 12.3 Å². The van der Waals surface area contributed by atoms with Crippen molar-refractivity contribution in [1.29, 1.82) is 0 Å². The number of hydrogen-bond acceptors (Lipinski definition) is 5. The van der Waals surface area contributed by atoms with Crippen molar-refractivity contribution in [3.63, 3.8) is 0 Å². The molecule has 0 radical (unpaired) electrons. The number of aliphatic carboxylic acids is 1. The zero-order valence-electron chi connectivity index (χ0n) is 11.1. The van der Waals surface area contributed by atoms with Crippen molar-refractivity contribution in [2.24, 2.45) is 0 Å². The van der Waals surface area contributed by atoms with Crippen LogP contribution in [0.5, 0.6) is 0 Å². The Kier molecular flexibility index (Phi) is 4.57. The number of nitrogens with one attached hydrogen (secondary N) is 1. The van der Waals surface area contributed by atoms with Crippen LogP contribution in [0.4, 0.5) is 0 Å². The van der Waals surface area contributed by atoms with Crippen molar-refractivity contribution in [2.45, 2.75) is 29.7 Å². The van der Waals surface area contributed by atoms with Crippen LogP contribution >= 0.6 is 0 Å². The number of rotatable bonds is 5. The van der Waals surface area contributed by atoms with Crippen LogP contribution < -0.4 is 4.72 Å². The molecular weight excluding hydrogens is 306 g/mol. The molecule has 7 nitrogen and oxygen atoms in total. The molecule has 0 amide bonds. The third-order valence-electron chi connectivity index (χ3n) is 2.58. The minimum absolute atomic E-state index is 0.147. The van der Waals surface area contributed by atoms with Gasteiger partial charge in [-0.2, -0.15) is 4.72 Å². The molecule has 1 atom stereocenters. The quantitative estimate of drug-likeness (QED) is 0.797. The number of carboxylic acids is 1. The van der Waals surface area contributed by atoms with Crippen molar-refractivity contribution in [2.75, 3.05) is 6.26 Å². The van der Waals surface area contributed by atoms with E-state index in [1.165, 1.54) is 26.0 Å². The van der Waals surface area contributed by atoms with Crippen LogP contribution in [-0.4, -0.2) is 40.2 Å². The number of carbonyl (C=O) groups is 1. The summed E-state index contributed by atoms with van der Waals surface area (Å²) in [4.78, 5) is 10.3. The number of sulfone groups is 1. The average molecular weight is 321 g/mol. The van der Waals surface area contributed by atoms with Crippen LogP contribution in [0.25, 0.3) is 0 Å². The summed E-state index contributed by atoms with van der Waals surface area (Å²) in [5.74, 6) is -1.33. The lowest BCUT2D eigenvalue weighted by molar-refractivity contribution is -0.138.